The number of aromatic nitrogens is 3. The molecule has 1 aliphatic heterocycles. The predicted molar refractivity (Wildman–Crippen MR) is 123 cm³/mol. The molecule has 11 heteroatoms. The van der Waals surface area contributed by atoms with Gasteiger partial charge in [-0.25, -0.2) is 0 Å². The van der Waals surface area contributed by atoms with Crippen molar-refractivity contribution < 1.29 is 23.7 Å². The molecule has 4 aromatic rings. The lowest BCUT2D eigenvalue weighted by atomic mass is 10.2. The van der Waals surface area contributed by atoms with Gasteiger partial charge in [-0.15, -0.1) is 5.10 Å². The maximum atomic E-state index is 12.9. The third-order valence-electron chi connectivity index (χ3n) is 4.79. The Bertz CT molecular complexity index is 1500. The molecule has 0 amide bonds. The summed E-state index contributed by atoms with van der Waals surface area (Å²) in [6.45, 7) is 1.56. The van der Waals surface area contributed by atoms with Crippen LogP contribution in [0.25, 0.3) is 11.0 Å². The summed E-state index contributed by atoms with van der Waals surface area (Å²) < 4.78 is 24.4. The second kappa shape index (κ2) is 8.49. The standard InChI is InChI=1S/C22H16BrN3O6S/c1-11(27)31-19-13(23)7-12(8-16(19)29-2)9-18-21(28)26-22(33-18)24-20(25-26)17-10-30-14-5-3-4-6-15(14)32-17/h3-9,17H,10H2,1-2H3/b18-9-. The van der Waals surface area contributed by atoms with Gasteiger partial charge in [-0.05, 0) is 51.8 Å². The average molecular weight is 530 g/mol. The van der Waals surface area contributed by atoms with Crippen LogP contribution in [0.1, 0.15) is 24.4 Å². The van der Waals surface area contributed by atoms with Gasteiger partial charge in [0, 0.05) is 6.92 Å². The number of rotatable bonds is 4. The van der Waals surface area contributed by atoms with Crippen molar-refractivity contribution in [2.45, 2.75) is 13.0 Å². The maximum Gasteiger partial charge on any atom is 0.308 e. The second-order valence-corrected chi connectivity index (χ2v) is 8.94. The topological polar surface area (TPSA) is 101 Å². The highest BCUT2D eigenvalue weighted by atomic mass is 79.9. The highest BCUT2D eigenvalue weighted by Gasteiger charge is 2.27. The van der Waals surface area contributed by atoms with E-state index < -0.39 is 12.1 Å². The summed E-state index contributed by atoms with van der Waals surface area (Å²) in [4.78, 5) is 29.2. The number of ether oxygens (including phenoxy) is 4. The van der Waals surface area contributed by atoms with Crippen LogP contribution in [-0.4, -0.2) is 34.3 Å². The number of halogens is 1. The minimum Gasteiger partial charge on any atom is -0.493 e. The van der Waals surface area contributed by atoms with Crippen LogP contribution < -0.4 is 29.0 Å². The Morgan fingerprint density at radius 3 is 2.82 bits per heavy atom. The number of carbonyl (C=O) groups excluding carboxylic acids is 1. The molecule has 3 heterocycles. The Morgan fingerprint density at radius 1 is 1.30 bits per heavy atom. The first-order valence-electron chi connectivity index (χ1n) is 9.78. The van der Waals surface area contributed by atoms with Crippen molar-refractivity contribution in [1.82, 2.24) is 14.6 Å². The number of esters is 1. The highest BCUT2D eigenvalue weighted by molar-refractivity contribution is 9.10. The van der Waals surface area contributed by atoms with Crippen LogP contribution >= 0.6 is 27.3 Å². The number of benzene rings is 2. The minimum absolute atomic E-state index is 0.254. The molecule has 0 bridgehead atoms. The fourth-order valence-corrected chi connectivity index (χ4v) is 4.80. The van der Waals surface area contributed by atoms with Crippen molar-refractivity contribution >= 4 is 44.3 Å². The molecule has 0 aliphatic carbocycles. The Morgan fingerprint density at radius 2 is 2.09 bits per heavy atom. The molecule has 168 valence electrons. The molecule has 0 radical (unpaired) electrons. The van der Waals surface area contributed by atoms with Gasteiger partial charge in [0.25, 0.3) is 5.56 Å². The SMILES string of the molecule is COc1cc(/C=c2\sc3nc(C4COc5ccccc5O4)nn3c2=O)cc(Br)c1OC(C)=O. The van der Waals surface area contributed by atoms with Crippen LogP contribution in [0.4, 0.5) is 0 Å². The number of thiazole rings is 1. The lowest BCUT2D eigenvalue weighted by Gasteiger charge is -2.24. The number of nitrogens with zero attached hydrogens (tertiary/aromatic N) is 3. The van der Waals surface area contributed by atoms with Crippen molar-refractivity contribution in [1.29, 1.82) is 0 Å². The lowest BCUT2D eigenvalue weighted by molar-refractivity contribution is -0.132. The quantitative estimate of drug-likeness (QED) is 0.293. The van der Waals surface area contributed by atoms with E-state index in [4.69, 9.17) is 18.9 Å². The highest BCUT2D eigenvalue weighted by Crippen LogP contribution is 2.37. The Hall–Kier alpha value is -3.44. The van der Waals surface area contributed by atoms with Crippen LogP contribution in [0, 0.1) is 0 Å². The zero-order valence-corrected chi connectivity index (χ0v) is 19.8. The molecule has 2 aromatic heterocycles. The molecular formula is C22H16BrN3O6S. The van der Waals surface area contributed by atoms with Gasteiger partial charge in [0.2, 0.25) is 4.96 Å². The molecule has 0 spiro atoms. The van der Waals surface area contributed by atoms with Crippen LogP contribution in [-0.2, 0) is 4.79 Å². The van der Waals surface area contributed by atoms with Crippen molar-refractivity contribution in [2.75, 3.05) is 13.7 Å². The molecule has 0 saturated carbocycles. The Balaban J connectivity index is 1.48. The van der Waals surface area contributed by atoms with E-state index in [0.29, 0.717) is 42.6 Å². The fourth-order valence-electron chi connectivity index (χ4n) is 3.35. The summed E-state index contributed by atoms with van der Waals surface area (Å²) in [6.07, 6.45) is 1.19. The number of carbonyl (C=O) groups is 1. The van der Waals surface area contributed by atoms with E-state index in [-0.39, 0.29) is 17.9 Å². The molecule has 1 atom stereocenters. The monoisotopic (exact) mass is 529 g/mol. The predicted octanol–water partition coefficient (Wildman–Crippen LogP) is 2.91. The first-order valence-corrected chi connectivity index (χ1v) is 11.4. The van der Waals surface area contributed by atoms with Gasteiger partial charge in [-0.2, -0.15) is 9.50 Å². The van der Waals surface area contributed by atoms with E-state index in [1.807, 2.05) is 24.3 Å². The molecule has 33 heavy (non-hydrogen) atoms. The number of hydrogen-bond donors (Lipinski definition) is 0. The zero-order valence-electron chi connectivity index (χ0n) is 17.4. The largest absolute Gasteiger partial charge is 0.493 e. The average Bonchev–Trinajstić information content (AvgIpc) is 3.34. The first kappa shape index (κ1) is 21.4. The smallest absolute Gasteiger partial charge is 0.308 e. The number of para-hydroxylation sites is 2. The van der Waals surface area contributed by atoms with Gasteiger partial charge < -0.3 is 18.9 Å². The van der Waals surface area contributed by atoms with E-state index in [9.17, 15) is 9.59 Å². The lowest BCUT2D eigenvalue weighted by Crippen LogP contribution is -2.26. The summed E-state index contributed by atoms with van der Waals surface area (Å²) in [5.74, 6) is 1.82. The Kier molecular flexibility index (Phi) is 5.51. The van der Waals surface area contributed by atoms with Crippen LogP contribution in [0.15, 0.2) is 45.7 Å². The molecule has 9 nitrogen and oxygen atoms in total. The van der Waals surface area contributed by atoms with Crippen molar-refractivity contribution in [3.05, 3.63) is 67.1 Å². The molecule has 0 saturated heterocycles. The van der Waals surface area contributed by atoms with Crippen molar-refractivity contribution in [3.8, 4) is 23.0 Å². The summed E-state index contributed by atoms with van der Waals surface area (Å²) in [7, 11) is 1.47. The van der Waals surface area contributed by atoms with E-state index in [2.05, 4.69) is 26.0 Å². The summed E-state index contributed by atoms with van der Waals surface area (Å²) in [6, 6.07) is 10.8. The van der Waals surface area contributed by atoms with Crippen molar-refractivity contribution in [3.63, 3.8) is 0 Å². The Labute approximate surface area is 199 Å². The van der Waals surface area contributed by atoms with Gasteiger partial charge in [0.1, 0.15) is 6.61 Å². The number of fused-ring (bicyclic) bond motifs is 2. The van der Waals surface area contributed by atoms with E-state index in [0.717, 1.165) is 0 Å². The van der Waals surface area contributed by atoms with Crippen molar-refractivity contribution in [2.24, 2.45) is 0 Å². The third-order valence-corrected chi connectivity index (χ3v) is 6.34. The normalized spacial score (nSPS) is 15.6. The molecule has 2 aromatic carbocycles. The van der Waals surface area contributed by atoms with E-state index in [1.165, 1.54) is 29.9 Å². The summed E-state index contributed by atoms with van der Waals surface area (Å²) in [5, 5.41) is 4.36. The van der Waals surface area contributed by atoms with Crippen LogP contribution in [0.3, 0.4) is 0 Å². The molecule has 5 rings (SSSR count). The van der Waals surface area contributed by atoms with Gasteiger partial charge in [0.05, 0.1) is 16.1 Å². The van der Waals surface area contributed by atoms with Gasteiger partial charge in [-0.1, -0.05) is 23.5 Å². The van der Waals surface area contributed by atoms with E-state index >= 15 is 0 Å². The molecule has 1 aliphatic rings. The van der Waals surface area contributed by atoms with Crippen LogP contribution in [0.2, 0.25) is 0 Å². The molecule has 0 fully saturated rings. The molecule has 1 unspecified atom stereocenters. The zero-order chi connectivity index (χ0) is 23.1. The fraction of sp³-hybridized carbons (Fsp3) is 0.182. The van der Waals surface area contributed by atoms with Gasteiger partial charge in [-0.3, -0.25) is 9.59 Å². The van der Waals surface area contributed by atoms with Crippen LogP contribution in [0.5, 0.6) is 23.0 Å². The minimum atomic E-state index is -0.507. The van der Waals surface area contributed by atoms with Gasteiger partial charge >= 0.3 is 5.97 Å². The van der Waals surface area contributed by atoms with E-state index in [1.54, 1.807) is 18.2 Å². The van der Waals surface area contributed by atoms with Gasteiger partial charge in [0.15, 0.2) is 34.9 Å². The number of methoxy groups -OCH3 is 1. The summed E-state index contributed by atoms with van der Waals surface area (Å²) >= 11 is 4.59. The second-order valence-electron chi connectivity index (χ2n) is 7.07. The maximum absolute atomic E-state index is 12.9. The number of hydrogen-bond acceptors (Lipinski definition) is 9. The third kappa shape index (κ3) is 4.05. The molecule has 0 N–H and O–H groups in total. The molecular weight excluding hydrogens is 514 g/mol. The summed E-state index contributed by atoms with van der Waals surface area (Å²) in [5.41, 5.74) is 0.377. The first-order chi connectivity index (χ1) is 15.9.